The fourth-order valence-electron chi connectivity index (χ4n) is 4.11. The van der Waals surface area contributed by atoms with E-state index in [0.717, 1.165) is 12.8 Å². The summed E-state index contributed by atoms with van der Waals surface area (Å²) >= 11 is 0. The third kappa shape index (κ3) is 30.6. The van der Waals surface area contributed by atoms with Crippen LogP contribution in [0.4, 0.5) is 0 Å². The highest BCUT2D eigenvalue weighted by molar-refractivity contribution is 5.87. The van der Waals surface area contributed by atoms with Crippen molar-refractivity contribution in [1.29, 1.82) is 0 Å². The van der Waals surface area contributed by atoms with Gasteiger partial charge < -0.3 is 9.47 Å². The van der Waals surface area contributed by atoms with Crippen LogP contribution < -0.4 is 0 Å². The van der Waals surface area contributed by atoms with E-state index in [4.69, 9.17) is 9.47 Å². The van der Waals surface area contributed by atoms with Crippen LogP contribution >= 0.6 is 0 Å². The second kappa shape index (κ2) is 30.0. The van der Waals surface area contributed by atoms with Crippen LogP contribution in [0.25, 0.3) is 0 Å². The normalized spacial score (nSPS) is 11.3. The molecule has 4 nitrogen and oxygen atoms in total. The fourth-order valence-corrected chi connectivity index (χ4v) is 4.11. The number of hydrogen-bond acceptors (Lipinski definition) is 4. The Morgan fingerprint density at radius 3 is 1.29 bits per heavy atom. The Morgan fingerprint density at radius 1 is 0.553 bits per heavy atom. The van der Waals surface area contributed by atoms with Crippen LogP contribution in [0, 0.1) is 5.92 Å². The lowest BCUT2D eigenvalue weighted by Crippen LogP contribution is -2.12. The topological polar surface area (TPSA) is 52.6 Å². The predicted molar refractivity (Wildman–Crippen MR) is 164 cm³/mol. The third-order valence-corrected chi connectivity index (χ3v) is 6.73. The molecule has 0 radical (unpaired) electrons. The molecule has 0 fully saturated rings. The van der Waals surface area contributed by atoms with Gasteiger partial charge in [0.05, 0.1) is 13.2 Å². The highest BCUT2D eigenvalue weighted by Gasteiger charge is 2.07. The van der Waals surface area contributed by atoms with Crippen LogP contribution in [0.3, 0.4) is 0 Å². The molecule has 38 heavy (non-hydrogen) atoms. The van der Waals surface area contributed by atoms with Gasteiger partial charge >= 0.3 is 11.9 Å². The molecular weight excluding hydrogens is 472 g/mol. The van der Waals surface area contributed by atoms with Crippen LogP contribution in [0.1, 0.15) is 163 Å². The van der Waals surface area contributed by atoms with Gasteiger partial charge in [0.25, 0.3) is 0 Å². The molecule has 0 rings (SSSR count). The van der Waals surface area contributed by atoms with Crippen molar-refractivity contribution in [3.05, 3.63) is 24.3 Å². The lowest BCUT2D eigenvalue weighted by atomic mass is 10.0. The number of unbranched alkanes of at least 4 members (excludes halogenated alkanes) is 17. The fraction of sp³-hybridized carbons (Fsp3) is 0.824. The summed E-state index contributed by atoms with van der Waals surface area (Å²) in [5.74, 6) is -0.0572. The zero-order valence-electron chi connectivity index (χ0n) is 26.2. The molecule has 0 saturated heterocycles. The quantitative estimate of drug-likeness (QED) is 0.0661. The Morgan fingerprint density at radius 2 is 0.895 bits per heavy atom. The third-order valence-electron chi connectivity index (χ3n) is 6.73. The maximum atomic E-state index is 11.2. The first-order valence-corrected chi connectivity index (χ1v) is 15.9. The van der Waals surface area contributed by atoms with E-state index in [-0.39, 0.29) is 11.9 Å². The SMILES string of the molecule is C=C(C)C(=O)OCC(C)CCCCCCCCCC.C=C(C)C(=O)OCCCCCCCCCCCCC. The minimum absolute atomic E-state index is 0.257. The number of carbonyl (C=O) groups is 2. The zero-order chi connectivity index (χ0) is 28.9. The van der Waals surface area contributed by atoms with Crippen LogP contribution in [-0.4, -0.2) is 25.2 Å². The average molecular weight is 537 g/mol. The van der Waals surface area contributed by atoms with Crippen molar-refractivity contribution in [3.8, 4) is 0 Å². The van der Waals surface area contributed by atoms with Crippen molar-refractivity contribution in [3.63, 3.8) is 0 Å². The van der Waals surface area contributed by atoms with Gasteiger partial charge in [0.2, 0.25) is 0 Å². The molecule has 4 heteroatoms. The zero-order valence-corrected chi connectivity index (χ0v) is 26.2. The standard InChI is InChI=1S/2C17H32O2/c1-5-6-7-8-9-10-11-12-13-16(4)14-19-17(18)15(2)3;1-4-5-6-7-8-9-10-11-12-13-14-15-19-17(18)16(2)3/h16H,2,5-14H2,1,3-4H3;2,4-15H2,1,3H3. The van der Waals surface area contributed by atoms with E-state index in [1.165, 1.54) is 116 Å². The Labute approximate surface area is 237 Å². The molecule has 0 N–H and O–H groups in total. The minimum atomic E-state index is -0.261. The summed E-state index contributed by atoms with van der Waals surface area (Å²) in [4.78, 5) is 22.3. The summed E-state index contributed by atoms with van der Waals surface area (Å²) in [6, 6.07) is 0. The maximum Gasteiger partial charge on any atom is 0.333 e. The van der Waals surface area contributed by atoms with Crippen LogP contribution in [0.15, 0.2) is 24.3 Å². The van der Waals surface area contributed by atoms with E-state index in [2.05, 4.69) is 33.9 Å². The van der Waals surface area contributed by atoms with E-state index >= 15 is 0 Å². The summed E-state index contributed by atoms with van der Waals surface area (Å²) in [6.07, 6.45) is 26.3. The molecule has 0 aliphatic carbocycles. The van der Waals surface area contributed by atoms with Gasteiger partial charge in [-0.05, 0) is 32.6 Å². The van der Waals surface area contributed by atoms with E-state index in [1.54, 1.807) is 13.8 Å². The smallest absolute Gasteiger partial charge is 0.333 e. The van der Waals surface area contributed by atoms with E-state index in [1.807, 2.05) is 0 Å². The number of ether oxygens (including phenoxy) is 2. The van der Waals surface area contributed by atoms with Crippen LogP contribution in [0.5, 0.6) is 0 Å². The van der Waals surface area contributed by atoms with Gasteiger partial charge in [-0.1, -0.05) is 150 Å². The minimum Gasteiger partial charge on any atom is -0.462 e. The second-order valence-corrected chi connectivity index (χ2v) is 11.2. The number of rotatable bonds is 25. The van der Waals surface area contributed by atoms with Crippen LogP contribution in [-0.2, 0) is 19.1 Å². The number of hydrogen-bond donors (Lipinski definition) is 0. The average Bonchev–Trinajstić information content (AvgIpc) is 2.89. The van der Waals surface area contributed by atoms with Gasteiger partial charge in [0.15, 0.2) is 0 Å². The highest BCUT2D eigenvalue weighted by atomic mass is 16.5. The molecule has 1 atom stereocenters. The molecule has 0 aliphatic rings. The molecule has 0 heterocycles. The summed E-state index contributed by atoms with van der Waals surface area (Å²) in [5.41, 5.74) is 0.974. The van der Waals surface area contributed by atoms with Gasteiger partial charge in [-0.25, -0.2) is 9.59 Å². The first-order chi connectivity index (χ1) is 18.3. The van der Waals surface area contributed by atoms with Crippen molar-refractivity contribution < 1.29 is 19.1 Å². The second-order valence-electron chi connectivity index (χ2n) is 11.2. The molecule has 0 aromatic carbocycles. The molecule has 0 saturated carbocycles. The van der Waals surface area contributed by atoms with Crippen molar-refractivity contribution >= 4 is 11.9 Å². The summed E-state index contributed by atoms with van der Waals surface area (Å²) < 4.78 is 10.2. The van der Waals surface area contributed by atoms with Crippen molar-refractivity contribution in [2.45, 2.75) is 163 Å². The van der Waals surface area contributed by atoms with Gasteiger partial charge in [0, 0.05) is 11.1 Å². The van der Waals surface area contributed by atoms with Gasteiger partial charge in [-0.2, -0.15) is 0 Å². The van der Waals surface area contributed by atoms with E-state index in [0.29, 0.717) is 30.3 Å². The summed E-state index contributed by atoms with van der Waals surface area (Å²) in [6.45, 7) is 18.2. The van der Waals surface area contributed by atoms with Crippen molar-refractivity contribution in [2.75, 3.05) is 13.2 Å². The predicted octanol–water partition coefficient (Wildman–Crippen LogP) is 10.7. The molecular formula is C34H64O4. The number of carbonyl (C=O) groups excluding carboxylic acids is 2. The molecule has 0 aliphatic heterocycles. The first kappa shape index (κ1) is 38.6. The molecule has 224 valence electrons. The highest BCUT2D eigenvalue weighted by Crippen LogP contribution is 2.14. The summed E-state index contributed by atoms with van der Waals surface area (Å²) in [5, 5.41) is 0. The first-order valence-electron chi connectivity index (χ1n) is 15.9. The molecule has 0 aromatic heterocycles. The lowest BCUT2D eigenvalue weighted by Gasteiger charge is -2.11. The van der Waals surface area contributed by atoms with Gasteiger partial charge in [-0.15, -0.1) is 0 Å². The lowest BCUT2D eigenvalue weighted by molar-refractivity contribution is -0.140. The molecule has 0 amide bonds. The Kier molecular flexibility index (Phi) is 30.4. The van der Waals surface area contributed by atoms with Gasteiger partial charge in [0.1, 0.15) is 0 Å². The Hall–Kier alpha value is -1.58. The van der Waals surface area contributed by atoms with Crippen LogP contribution in [0.2, 0.25) is 0 Å². The molecule has 1 unspecified atom stereocenters. The van der Waals surface area contributed by atoms with Gasteiger partial charge in [-0.3, -0.25) is 0 Å². The van der Waals surface area contributed by atoms with Crippen molar-refractivity contribution in [1.82, 2.24) is 0 Å². The summed E-state index contributed by atoms with van der Waals surface area (Å²) in [7, 11) is 0. The van der Waals surface area contributed by atoms with E-state index in [9.17, 15) is 9.59 Å². The monoisotopic (exact) mass is 536 g/mol. The largest absolute Gasteiger partial charge is 0.462 e. The molecule has 0 aromatic rings. The Bertz CT molecular complexity index is 581. The Balaban J connectivity index is 0. The van der Waals surface area contributed by atoms with Crippen molar-refractivity contribution in [2.24, 2.45) is 5.92 Å². The van der Waals surface area contributed by atoms with E-state index < -0.39 is 0 Å². The number of esters is 2. The molecule has 0 spiro atoms. The maximum absolute atomic E-state index is 11.2. The molecule has 0 bridgehead atoms.